The van der Waals surface area contributed by atoms with Gasteiger partial charge >= 0.3 is 5.63 Å². The average Bonchev–Trinajstić information content (AvgIpc) is 2.87. The molecule has 0 aliphatic heterocycles. The molecular weight excluding hydrogens is 466 g/mol. The van der Waals surface area contributed by atoms with Gasteiger partial charge in [0.1, 0.15) is 17.3 Å². The van der Waals surface area contributed by atoms with Crippen LogP contribution in [0.4, 0.5) is 0 Å². The molecule has 1 heterocycles. The van der Waals surface area contributed by atoms with Gasteiger partial charge in [0.25, 0.3) is 0 Å². The molecule has 9 heteroatoms. The van der Waals surface area contributed by atoms with E-state index < -0.39 is 11.5 Å². The predicted octanol–water partition coefficient (Wildman–Crippen LogP) is 3.57. The van der Waals surface area contributed by atoms with Crippen LogP contribution in [0.1, 0.15) is 34.8 Å². The summed E-state index contributed by atoms with van der Waals surface area (Å²) < 4.78 is 26.7. The number of aromatic hydroxyl groups is 1. The number of hydrogen-bond acceptors (Lipinski definition) is 8. The lowest BCUT2D eigenvalue weighted by Crippen LogP contribution is -2.28. The van der Waals surface area contributed by atoms with Crippen LogP contribution >= 0.6 is 0 Å². The third-order valence-corrected chi connectivity index (χ3v) is 5.81. The highest BCUT2D eigenvalue weighted by atomic mass is 16.5. The summed E-state index contributed by atoms with van der Waals surface area (Å²) in [6.45, 7) is 1.95. The fraction of sp³-hybridized carbons (Fsp3) is 0.333. The molecule has 3 rings (SSSR count). The first-order valence-corrected chi connectivity index (χ1v) is 11.3. The van der Waals surface area contributed by atoms with Crippen molar-refractivity contribution in [1.29, 1.82) is 0 Å². The number of aryl methyl sites for hydroxylation is 1. The van der Waals surface area contributed by atoms with Crippen molar-refractivity contribution in [3.8, 4) is 28.7 Å². The number of rotatable bonds is 11. The highest BCUT2D eigenvalue weighted by Crippen LogP contribution is 2.42. The SMILES string of the molecule is COc1ccc(CCNC(=O)C[C@H](c2cc(OC)c(OC)c(OC)c2)c2c(O)cc(C)oc2=O)cc1. The van der Waals surface area contributed by atoms with Crippen LogP contribution in [0.3, 0.4) is 0 Å². The van der Waals surface area contributed by atoms with E-state index in [4.69, 9.17) is 23.4 Å². The number of nitrogens with one attached hydrogen (secondary N) is 1. The zero-order chi connectivity index (χ0) is 26.2. The lowest BCUT2D eigenvalue weighted by Gasteiger charge is -2.21. The standard InChI is InChI=1S/C27H31NO8/c1-16-12-21(29)25(27(31)36-16)20(18-13-22(33-3)26(35-5)23(14-18)34-4)15-24(30)28-11-10-17-6-8-19(32-2)9-7-17/h6-9,12-14,20,29H,10-11,15H2,1-5H3,(H,28,30)/t20-/m1/s1. The van der Waals surface area contributed by atoms with Crippen molar-refractivity contribution >= 4 is 5.91 Å². The van der Waals surface area contributed by atoms with Gasteiger partial charge in [-0.05, 0) is 48.7 Å². The van der Waals surface area contributed by atoms with Crippen LogP contribution in [0, 0.1) is 6.92 Å². The first-order chi connectivity index (χ1) is 17.3. The van der Waals surface area contributed by atoms with E-state index in [1.807, 2.05) is 24.3 Å². The van der Waals surface area contributed by atoms with Crippen LogP contribution in [0.15, 0.2) is 51.7 Å². The Kier molecular flexibility index (Phi) is 8.83. The number of carbonyl (C=O) groups excluding carboxylic acids is 1. The molecule has 1 aromatic heterocycles. The second kappa shape index (κ2) is 12.0. The Labute approximate surface area is 209 Å². The number of ether oxygens (including phenoxy) is 4. The Morgan fingerprint density at radius 2 is 1.61 bits per heavy atom. The Hall–Kier alpha value is -4.14. The molecule has 1 amide bonds. The third-order valence-electron chi connectivity index (χ3n) is 5.81. The molecule has 0 radical (unpaired) electrons. The second-order valence-electron chi connectivity index (χ2n) is 8.11. The summed E-state index contributed by atoms with van der Waals surface area (Å²) in [6.07, 6.45) is 0.491. The minimum Gasteiger partial charge on any atom is -0.507 e. The summed E-state index contributed by atoms with van der Waals surface area (Å²) in [4.78, 5) is 25.8. The highest BCUT2D eigenvalue weighted by molar-refractivity contribution is 5.78. The minimum atomic E-state index is -0.837. The van der Waals surface area contributed by atoms with Crippen molar-refractivity contribution in [3.05, 3.63) is 75.3 Å². The Balaban J connectivity index is 1.90. The lowest BCUT2D eigenvalue weighted by molar-refractivity contribution is -0.121. The van der Waals surface area contributed by atoms with E-state index in [1.54, 1.807) is 26.2 Å². The molecule has 0 saturated heterocycles. The van der Waals surface area contributed by atoms with Gasteiger partial charge in [-0.25, -0.2) is 4.79 Å². The number of amides is 1. The molecule has 36 heavy (non-hydrogen) atoms. The molecule has 0 saturated carbocycles. The maximum absolute atomic E-state index is 13.0. The Morgan fingerprint density at radius 3 is 2.14 bits per heavy atom. The third kappa shape index (κ3) is 6.10. The Bertz CT molecular complexity index is 1220. The number of hydrogen-bond donors (Lipinski definition) is 2. The molecule has 0 aliphatic rings. The molecular formula is C27H31NO8. The monoisotopic (exact) mass is 497 g/mol. The van der Waals surface area contributed by atoms with Gasteiger partial charge in [0.05, 0.1) is 34.0 Å². The zero-order valence-electron chi connectivity index (χ0n) is 21.0. The van der Waals surface area contributed by atoms with Crippen molar-refractivity contribution < 1.29 is 33.3 Å². The summed E-state index contributed by atoms with van der Waals surface area (Å²) in [6, 6.07) is 12.2. The van der Waals surface area contributed by atoms with Gasteiger partial charge in [-0.2, -0.15) is 0 Å². The van der Waals surface area contributed by atoms with Crippen molar-refractivity contribution in [2.45, 2.75) is 25.7 Å². The molecule has 9 nitrogen and oxygen atoms in total. The summed E-state index contributed by atoms with van der Waals surface area (Å²) in [5, 5.41) is 13.5. The molecule has 0 fully saturated rings. The van der Waals surface area contributed by atoms with Crippen LogP contribution in [-0.4, -0.2) is 46.0 Å². The molecule has 0 unspecified atom stereocenters. The molecule has 2 N–H and O–H groups in total. The number of methoxy groups -OCH3 is 4. The normalized spacial score (nSPS) is 11.5. The largest absolute Gasteiger partial charge is 0.507 e. The quantitative estimate of drug-likeness (QED) is 0.413. The molecule has 2 aromatic carbocycles. The van der Waals surface area contributed by atoms with Crippen molar-refractivity contribution in [2.24, 2.45) is 0 Å². The highest BCUT2D eigenvalue weighted by Gasteiger charge is 2.28. The summed E-state index contributed by atoms with van der Waals surface area (Å²) in [5.74, 6) is 0.695. The van der Waals surface area contributed by atoms with Gasteiger partial charge in [0.15, 0.2) is 11.5 Å². The molecule has 1 atom stereocenters. The van der Waals surface area contributed by atoms with Crippen molar-refractivity contribution in [2.75, 3.05) is 35.0 Å². The van der Waals surface area contributed by atoms with E-state index in [0.29, 0.717) is 35.8 Å². The molecule has 0 bridgehead atoms. The first-order valence-electron chi connectivity index (χ1n) is 11.3. The number of benzene rings is 2. The van der Waals surface area contributed by atoms with Gasteiger partial charge in [-0.3, -0.25) is 4.79 Å². The fourth-order valence-corrected chi connectivity index (χ4v) is 4.01. The summed E-state index contributed by atoms with van der Waals surface area (Å²) >= 11 is 0. The average molecular weight is 498 g/mol. The van der Waals surface area contributed by atoms with Crippen LogP contribution in [0.25, 0.3) is 0 Å². The maximum atomic E-state index is 13.0. The molecule has 0 spiro atoms. The van der Waals surface area contributed by atoms with E-state index in [9.17, 15) is 14.7 Å². The van der Waals surface area contributed by atoms with Crippen LogP contribution < -0.4 is 29.9 Å². The zero-order valence-corrected chi connectivity index (χ0v) is 21.0. The molecule has 3 aromatic rings. The maximum Gasteiger partial charge on any atom is 0.343 e. The smallest absolute Gasteiger partial charge is 0.343 e. The summed E-state index contributed by atoms with van der Waals surface area (Å²) in [5.41, 5.74) is 0.799. The fourth-order valence-electron chi connectivity index (χ4n) is 4.01. The predicted molar refractivity (Wildman–Crippen MR) is 134 cm³/mol. The van der Waals surface area contributed by atoms with Gasteiger partial charge < -0.3 is 33.8 Å². The van der Waals surface area contributed by atoms with Gasteiger partial charge in [0, 0.05) is 24.9 Å². The second-order valence-corrected chi connectivity index (χ2v) is 8.11. The van der Waals surface area contributed by atoms with Gasteiger partial charge in [-0.1, -0.05) is 12.1 Å². The van der Waals surface area contributed by atoms with E-state index in [-0.39, 0.29) is 29.4 Å². The topological polar surface area (TPSA) is 116 Å². The lowest BCUT2D eigenvalue weighted by atomic mass is 9.88. The summed E-state index contributed by atoms with van der Waals surface area (Å²) in [7, 11) is 6.03. The van der Waals surface area contributed by atoms with Crippen molar-refractivity contribution in [3.63, 3.8) is 0 Å². The van der Waals surface area contributed by atoms with Crippen LogP contribution in [0.5, 0.6) is 28.7 Å². The van der Waals surface area contributed by atoms with Crippen molar-refractivity contribution in [1.82, 2.24) is 5.32 Å². The van der Waals surface area contributed by atoms with E-state index >= 15 is 0 Å². The van der Waals surface area contributed by atoms with Crippen LogP contribution in [-0.2, 0) is 11.2 Å². The first kappa shape index (κ1) is 26.5. The number of carbonyl (C=O) groups is 1. The van der Waals surface area contributed by atoms with E-state index in [2.05, 4.69) is 5.32 Å². The van der Waals surface area contributed by atoms with Gasteiger partial charge in [-0.15, -0.1) is 0 Å². The van der Waals surface area contributed by atoms with Gasteiger partial charge in [0.2, 0.25) is 11.7 Å². The van der Waals surface area contributed by atoms with E-state index in [1.165, 1.54) is 27.4 Å². The van der Waals surface area contributed by atoms with E-state index in [0.717, 1.165) is 11.3 Å². The Morgan fingerprint density at radius 1 is 0.972 bits per heavy atom. The minimum absolute atomic E-state index is 0.0276. The molecule has 0 aliphatic carbocycles. The molecule has 192 valence electrons. The van der Waals surface area contributed by atoms with Crippen LogP contribution in [0.2, 0.25) is 0 Å².